The van der Waals surface area contributed by atoms with Gasteiger partial charge in [0.2, 0.25) is 10.0 Å². The molecule has 0 aliphatic rings. The number of hydrogen-bond donors (Lipinski definition) is 1. The number of sulfonamides is 1. The fourth-order valence-electron chi connectivity index (χ4n) is 1.25. The van der Waals surface area contributed by atoms with E-state index in [0.29, 0.717) is 0 Å². The number of Topliss-reactive ketones (excluding diaryl/α,β-unsaturated/α-hetero) is 1. The highest BCUT2D eigenvalue weighted by Crippen LogP contribution is 2.11. The summed E-state index contributed by atoms with van der Waals surface area (Å²) in [6, 6.07) is 5.52. The van der Waals surface area contributed by atoms with Crippen LogP contribution in [0, 0.1) is 0 Å². The lowest BCUT2D eigenvalue weighted by molar-refractivity contribution is -0.305. The second kappa shape index (κ2) is 5.74. The van der Waals surface area contributed by atoms with Gasteiger partial charge in [0.15, 0.2) is 5.78 Å². The van der Waals surface area contributed by atoms with Crippen LogP contribution in [0.2, 0.25) is 0 Å². The van der Waals surface area contributed by atoms with E-state index in [1.807, 2.05) is 0 Å². The van der Waals surface area contributed by atoms with Crippen molar-refractivity contribution in [2.45, 2.75) is 18.2 Å². The van der Waals surface area contributed by atoms with Crippen LogP contribution < -0.4 is 9.83 Å². The van der Waals surface area contributed by atoms with Crippen molar-refractivity contribution in [3.05, 3.63) is 29.8 Å². The maximum atomic E-state index is 11.8. The Morgan fingerprint density at radius 2 is 2.00 bits per heavy atom. The van der Waals surface area contributed by atoms with Crippen LogP contribution in [0.5, 0.6) is 0 Å². The fourth-order valence-corrected chi connectivity index (χ4v) is 2.33. The standard InChI is InChI=1S/C11H13NO5S/c1-8(13)9-3-2-4-10(7-9)18(16,17)12-6-5-11(14)15/h2-4,7,12H,5-6H2,1H3,(H,14,15)/p-1. The smallest absolute Gasteiger partial charge is 0.240 e. The molecule has 0 aromatic heterocycles. The molecule has 0 radical (unpaired) electrons. The van der Waals surface area contributed by atoms with Crippen LogP contribution in [0.1, 0.15) is 23.7 Å². The lowest BCUT2D eigenvalue weighted by atomic mass is 10.2. The molecule has 0 spiro atoms. The average Bonchev–Trinajstić information content (AvgIpc) is 2.28. The molecule has 7 heteroatoms. The number of ketones is 1. The maximum absolute atomic E-state index is 11.8. The van der Waals surface area contributed by atoms with Crippen LogP contribution in [0.15, 0.2) is 29.2 Å². The van der Waals surface area contributed by atoms with Crippen LogP contribution in [-0.2, 0) is 14.8 Å². The largest absolute Gasteiger partial charge is 0.550 e. The normalized spacial score (nSPS) is 11.2. The highest BCUT2D eigenvalue weighted by molar-refractivity contribution is 7.89. The third-order valence-corrected chi connectivity index (χ3v) is 3.63. The molecule has 1 aromatic rings. The van der Waals surface area contributed by atoms with Gasteiger partial charge < -0.3 is 9.90 Å². The van der Waals surface area contributed by atoms with E-state index in [0.717, 1.165) is 0 Å². The van der Waals surface area contributed by atoms with Crippen LogP contribution in [-0.4, -0.2) is 26.7 Å². The Morgan fingerprint density at radius 3 is 2.56 bits per heavy atom. The molecule has 0 saturated carbocycles. The molecule has 0 saturated heterocycles. The molecule has 0 aliphatic carbocycles. The molecule has 0 atom stereocenters. The minimum absolute atomic E-state index is 0.0754. The third kappa shape index (κ3) is 3.94. The molecule has 1 N–H and O–H groups in total. The Morgan fingerprint density at radius 1 is 1.33 bits per heavy atom. The highest BCUT2D eigenvalue weighted by atomic mass is 32.2. The Bertz CT molecular complexity index is 565. The van der Waals surface area contributed by atoms with E-state index in [9.17, 15) is 23.1 Å². The number of nitrogens with one attached hydrogen (secondary N) is 1. The molecule has 0 heterocycles. The zero-order valence-electron chi connectivity index (χ0n) is 9.67. The van der Waals surface area contributed by atoms with Gasteiger partial charge in [-0.15, -0.1) is 0 Å². The Kier molecular flexibility index (Phi) is 4.57. The lowest BCUT2D eigenvalue weighted by Crippen LogP contribution is -2.31. The number of carboxylic acids is 1. The van der Waals surface area contributed by atoms with Gasteiger partial charge in [0, 0.05) is 24.5 Å². The summed E-state index contributed by atoms with van der Waals surface area (Å²) in [6.45, 7) is 1.07. The first kappa shape index (κ1) is 14.3. The van der Waals surface area contributed by atoms with Gasteiger partial charge in [-0.25, -0.2) is 13.1 Å². The first-order chi connectivity index (χ1) is 8.33. The summed E-state index contributed by atoms with van der Waals surface area (Å²) in [5.74, 6) is -1.59. The Balaban J connectivity index is 2.88. The molecule has 0 unspecified atom stereocenters. The van der Waals surface area contributed by atoms with Gasteiger partial charge in [-0.1, -0.05) is 12.1 Å². The summed E-state index contributed by atoms with van der Waals surface area (Å²) >= 11 is 0. The molecule has 18 heavy (non-hydrogen) atoms. The number of benzene rings is 1. The predicted molar refractivity (Wildman–Crippen MR) is 61.3 cm³/mol. The van der Waals surface area contributed by atoms with E-state index in [-0.39, 0.29) is 22.8 Å². The zero-order chi connectivity index (χ0) is 13.8. The number of aliphatic carboxylic acids is 1. The molecule has 98 valence electrons. The summed E-state index contributed by atoms with van der Waals surface area (Å²) in [5.41, 5.74) is 0.276. The van der Waals surface area contributed by atoms with Crippen LogP contribution in [0.4, 0.5) is 0 Å². The number of carbonyl (C=O) groups is 2. The van der Waals surface area contributed by atoms with Crippen molar-refractivity contribution in [2.24, 2.45) is 0 Å². The van der Waals surface area contributed by atoms with E-state index in [1.54, 1.807) is 0 Å². The number of rotatable bonds is 6. The summed E-state index contributed by atoms with van der Waals surface area (Å²) in [7, 11) is -3.81. The summed E-state index contributed by atoms with van der Waals surface area (Å²) < 4.78 is 25.6. The van der Waals surface area contributed by atoms with Crippen molar-refractivity contribution < 1.29 is 23.1 Å². The van der Waals surface area contributed by atoms with Crippen LogP contribution in [0.3, 0.4) is 0 Å². The summed E-state index contributed by atoms with van der Waals surface area (Å²) in [5, 5.41) is 10.2. The molecule has 1 aromatic carbocycles. The van der Waals surface area contributed by atoms with E-state index < -0.39 is 22.4 Å². The van der Waals surface area contributed by atoms with Gasteiger partial charge in [0.1, 0.15) is 0 Å². The van der Waals surface area contributed by atoms with E-state index in [2.05, 4.69) is 4.72 Å². The van der Waals surface area contributed by atoms with E-state index in [1.165, 1.54) is 31.2 Å². The lowest BCUT2D eigenvalue weighted by Gasteiger charge is -2.07. The predicted octanol–water partition coefficient (Wildman–Crippen LogP) is -0.692. The topological polar surface area (TPSA) is 103 Å². The number of carboxylic acid groups (broad SMARTS) is 1. The summed E-state index contributed by atoms with van der Waals surface area (Å²) in [4.78, 5) is 21.2. The zero-order valence-corrected chi connectivity index (χ0v) is 10.5. The average molecular weight is 270 g/mol. The van der Waals surface area contributed by atoms with Crippen molar-refractivity contribution in [1.29, 1.82) is 0 Å². The number of carbonyl (C=O) groups excluding carboxylic acids is 2. The molecule has 0 aliphatic heterocycles. The van der Waals surface area contributed by atoms with Crippen molar-refractivity contribution in [3.8, 4) is 0 Å². The maximum Gasteiger partial charge on any atom is 0.240 e. The SMILES string of the molecule is CC(=O)c1cccc(S(=O)(=O)NCCC(=O)[O-])c1. The van der Waals surface area contributed by atoms with Gasteiger partial charge in [0.05, 0.1) is 4.90 Å². The molecule has 1 rings (SSSR count). The molecule has 0 amide bonds. The number of hydrogen-bond acceptors (Lipinski definition) is 5. The van der Waals surface area contributed by atoms with Crippen molar-refractivity contribution >= 4 is 21.8 Å². The Labute approximate surface area is 105 Å². The minimum atomic E-state index is -3.81. The second-order valence-electron chi connectivity index (χ2n) is 3.60. The van der Waals surface area contributed by atoms with Crippen molar-refractivity contribution in [3.63, 3.8) is 0 Å². The van der Waals surface area contributed by atoms with Crippen LogP contribution in [0.25, 0.3) is 0 Å². The summed E-state index contributed by atoms with van der Waals surface area (Å²) in [6.07, 6.45) is -0.411. The van der Waals surface area contributed by atoms with E-state index >= 15 is 0 Å². The van der Waals surface area contributed by atoms with Gasteiger partial charge in [0.25, 0.3) is 0 Å². The second-order valence-corrected chi connectivity index (χ2v) is 5.37. The minimum Gasteiger partial charge on any atom is -0.550 e. The third-order valence-electron chi connectivity index (χ3n) is 2.17. The monoisotopic (exact) mass is 270 g/mol. The van der Waals surface area contributed by atoms with Crippen molar-refractivity contribution in [2.75, 3.05) is 6.54 Å². The Hall–Kier alpha value is -1.73. The van der Waals surface area contributed by atoms with Crippen molar-refractivity contribution in [1.82, 2.24) is 4.72 Å². The molecule has 0 fully saturated rings. The molecule has 0 bridgehead atoms. The molecule has 6 nitrogen and oxygen atoms in total. The van der Waals surface area contributed by atoms with Gasteiger partial charge in [-0.05, 0) is 19.1 Å². The van der Waals surface area contributed by atoms with Gasteiger partial charge in [-0.2, -0.15) is 0 Å². The molecular formula is C11H12NO5S-. The fraction of sp³-hybridized carbons (Fsp3) is 0.273. The molecular weight excluding hydrogens is 258 g/mol. The van der Waals surface area contributed by atoms with Gasteiger partial charge >= 0.3 is 0 Å². The van der Waals surface area contributed by atoms with E-state index in [4.69, 9.17) is 0 Å². The van der Waals surface area contributed by atoms with Crippen LogP contribution >= 0.6 is 0 Å². The van der Waals surface area contributed by atoms with Gasteiger partial charge in [-0.3, -0.25) is 4.79 Å². The quantitative estimate of drug-likeness (QED) is 0.689. The first-order valence-corrected chi connectivity index (χ1v) is 6.62. The highest BCUT2D eigenvalue weighted by Gasteiger charge is 2.14. The first-order valence-electron chi connectivity index (χ1n) is 5.13.